The predicted octanol–water partition coefficient (Wildman–Crippen LogP) is 2.10. The van der Waals surface area contributed by atoms with Crippen LogP contribution in [0.4, 0.5) is 0 Å². The molecule has 0 heterocycles. The molecule has 0 unspecified atom stereocenters. The van der Waals surface area contributed by atoms with Gasteiger partial charge in [0.25, 0.3) is 0 Å². The van der Waals surface area contributed by atoms with Gasteiger partial charge in [0.05, 0.1) is 16.2 Å². The number of rotatable bonds is 4. The highest BCUT2D eigenvalue weighted by molar-refractivity contribution is 7.91. The Morgan fingerprint density at radius 1 is 1.24 bits per heavy atom. The molecule has 0 amide bonds. The van der Waals surface area contributed by atoms with Gasteiger partial charge in [-0.3, -0.25) is 0 Å². The van der Waals surface area contributed by atoms with Crippen LogP contribution in [0.1, 0.15) is 32.3 Å². The van der Waals surface area contributed by atoms with E-state index in [0.717, 1.165) is 18.4 Å². The normalized spacial score (nSPS) is 17.1. The van der Waals surface area contributed by atoms with Crippen LogP contribution in [0, 0.1) is 5.92 Å². The Bertz CT molecular complexity index is 490. The van der Waals surface area contributed by atoms with Crippen LogP contribution in [0.5, 0.6) is 0 Å². The maximum Gasteiger partial charge on any atom is 0.178 e. The number of benzene rings is 1. The van der Waals surface area contributed by atoms with Crippen molar-refractivity contribution in [1.29, 1.82) is 0 Å². The van der Waals surface area contributed by atoms with Crippen LogP contribution in [-0.2, 0) is 15.4 Å². The molecule has 2 rings (SSSR count). The van der Waals surface area contributed by atoms with E-state index in [4.69, 9.17) is 0 Å². The summed E-state index contributed by atoms with van der Waals surface area (Å²) in [7, 11) is -3.14. The third kappa shape index (κ3) is 3.07. The zero-order valence-electron chi connectivity index (χ0n) is 10.2. The lowest BCUT2D eigenvalue weighted by Crippen LogP contribution is -2.16. The summed E-state index contributed by atoms with van der Waals surface area (Å²) >= 11 is 0. The molecule has 1 N–H and O–H groups in total. The summed E-state index contributed by atoms with van der Waals surface area (Å²) in [4.78, 5) is 0.359. The first kappa shape index (κ1) is 12.6. The second kappa shape index (κ2) is 4.10. The highest BCUT2D eigenvalue weighted by atomic mass is 32.2. The SMILES string of the molecule is CC(C)(O)c1ccc(S(=O)(=O)CC2CC2)cc1. The van der Waals surface area contributed by atoms with Gasteiger partial charge in [-0.1, -0.05) is 12.1 Å². The van der Waals surface area contributed by atoms with Gasteiger partial charge in [-0.15, -0.1) is 0 Å². The molecule has 0 aliphatic heterocycles. The van der Waals surface area contributed by atoms with Gasteiger partial charge in [-0.25, -0.2) is 8.42 Å². The van der Waals surface area contributed by atoms with E-state index < -0.39 is 15.4 Å². The maximum absolute atomic E-state index is 12.0. The third-order valence-corrected chi connectivity index (χ3v) is 4.97. The highest BCUT2D eigenvalue weighted by Crippen LogP contribution is 2.32. The Hall–Kier alpha value is -0.870. The summed E-state index contributed by atoms with van der Waals surface area (Å²) in [6.45, 7) is 3.36. The van der Waals surface area contributed by atoms with E-state index in [1.54, 1.807) is 38.1 Å². The minimum atomic E-state index is -3.14. The molecule has 1 fully saturated rings. The number of aliphatic hydroxyl groups is 1. The van der Waals surface area contributed by atoms with E-state index in [2.05, 4.69) is 0 Å². The number of hydrogen-bond donors (Lipinski definition) is 1. The Balaban J connectivity index is 2.22. The standard InChI is InChI=1S/C13H18O3S/c1-13(2,14)11-5-7-12(8-6-11)17(15,16)9-10-3-4-10/h5-8,10,14H,3-4,9H2,1-2H3. The van der Waals surface area contributed by atoms with E-state index >= 15 is 0 Å². The van der Waals surface area contributed by atoms with Crippen molar-refractivity contribution in [1.82, 2.24) is 0 Å². The van der Waals surface area contributed by atoms with Crippen LogP contribution in [0.15, 0.2) is 29.2 Å². The first-order valence-electron chi connectivity index (χ1n) is 5.85. The number of sulfone groups is 1. The van der Waals surface area contributed by atoms with Gasteiger partial charge in [-0.05, 0) is 50.3 Å². The van der Waals surface area contributed by atoms with Crippen LogP contribution in [0.2, 0.25) is 0 Å². The minimum Gasteiger partial charge on any atom is -0.386 e. The molecule has 17 heavy (non-hydrogen) atoms. The van der Waals surface area contributed by atoms with Gasteiger partial charge in [0.2, 0.25) is 0 Å². The lowest BCUT2D eigenvalue weighted by atomic mass is 9.99. The third-order valence-electron chi connectivity index (χ3n) is 3.07. The second-order valence-corrected chi connectivity index (χ2v) is 7.34. The topological polar surface area (TPSA) is 54.4 Å². The van der Waals surface area contributed by atoms with Crippen LogP contribution in [0.25, 0.3) is 0 Å². The average Bonchev–Trinajstić information content (AvgIpc) is 3.00. The molecule has 1 aromatic carbocycles. The van der Waals surface area contributed by atoms with E-state index in [9.17, 15) is 13.5 Å². The monoisotopic (exact) mass is 254 g/mol. The van der Waals surface area contributed by atoms with Crippen molar-refractivity contribution in [3.05, 3.63) is 29.8 Å². The molecule has 0 bridgehead atoms. The van der Waals surface area contributed by atoms with Crippen LogP contribution in [-0.4, -0.2) is 19.3 Å². The summed E-state index contributed by atoms with van der Waals surface area (Å²) in [6.07, 6.45) is 2.06. The van der Waals surface area contributed by atoms with Crippen molar-refractivity contribution >= 4 is 9.84 Å². The van der Waals surface area contributed by atoms with Gasteiger partial charge >= 0.3 is 0 Å². The van der Waals surface area contributed by atoms with E-state index in [1.807, 2.05) is 0 Å². The lowest BCUT2D eigenvalue weighted by molar-refractivity contribution is 0.0785. The predicted molar refractivity (Wildman–Crippen MR) is 66.5 cm³/mol. The minimum absolute atomic E-state index is 0.259. The summed E-state index contributed by atoms with van der Waals surface area (Å²) < 4.78 is 24.0. The van der Waals surface area contributed by atoms with Crippen molar-refractivity contribution in [3.8, 4) is 0 Å². The molecule has 0 radical (unpaired) electrons. The average molecular weight is 254 g/mol. The summed E-state index contributed by atoms with van der Waals surface area (Å²) in [5.41, 5.74) is -0.207. The number of hydrogen-bond acceptors (Lipinski definition) is 3. The molecule has 1 aliphatic carbocycles. The van der Waals surface area contributed by atoms with Crippen LogP contribution >= 0.6 is 0 Å². The molecule has 0 atom stereocenters. The Morgan fingerprint density at radius 2 is 1.76 bits per heavy atom. The molecule has 1 aromatic rings. The Labute approximate surface area is 102 Å². The van der Waals surface area contributed by atoms with Crippen molar-refractivity contribution in [3.63, 3.8) is 0 Å². The smallest absolute Gasteiger partial charge is 0.178 e. The molecule has 4 heteroatoms. The highest BCUT2D eigenvalue weighted by Gasteiger charge is 2.29. The zero-order valence-corrected chi connectivity index (χ0v) is 11.0. The molecule has 0 saturated heterocycles. The van der Waals surface area contributed by atoms with Gasteiger partial charge in [0.1, 0.15) is 0 Å². The fourth-order valence-corrected chi connectivity index (χ4v) is 3.46. The van der Waals surface area contributed by atoms with Gasteiger partial charge in [0.15, 0.2) is 9.84 Å². The fraction of sp³-hybridized carbons (Fsp3) is 0.538. The summed E-state index contributed by atoms with van der Waals surface area (Å²) in [5, 5.41) is 9.79. The van der Waals surface area contributed by atoms with E-state index in [1.165, 1.54) is 0 Å². The van der Waals surface area contributed by atoms with E-state index in [0.29, 0.717) is 10.8 Å². The van der Waals surface area contributed by atoms with Crippen molar-refractivity contribution in [2.24, 2.45) is 5.92 Å². The van der Waals surface area contributed by atoms with Crippen molar-refractivity contribution in [2.75, 3.05) is 5.75 Å². The van der Waals surface area contributed by atoms with E-state index in [-0.39, 0.29) is 5.75 Å². The zero-order chi connectivity index (χ0) is 12.7. The summed E-state index contributed by atoms with van der Waals surface area (Å²) in [6, 6.07) is 6.54. The molecular weight excluding hydrogens is 236 g/mol. The van der Waals surface area contributed by atoms with Gasteiger partial charge in [-0.2, -0.15) is 0 Å². The van der Waals surface area contributed by atoms with Crippen LogP contribution < -0.4 is 0 Å². The Morgan fingerprint density at radius 3 is 2.18 bits per heavy atom. The van der Waals surface area contributed by atoms with Gasteiger partial charge < -0.3 is 5.11 Å². The maximum atomic E-state index is 12.0. The first-order valence-corrected chi connectivity index (χ1v) is 7.50. The van der Waals surface area contributed by atoms with Crippen LogP contribution in [0.3, 0.4) is 0 Å². The van der Waals surface area contributed by atoms with Gasteiger partial charge in [0, 0.05) is 0 Å². The molecule has 1 saturated carbocycles. The molecule has 94 valence electrons. The lowest BCUT2D eigenvalue weighted by Gasteiger charge is -2.17. The first-order chi connectivity index (χ1) is 7.79. The fourth-order valence-electron chi connectivity index (χ4n) is 1.76. The molecule has 1 aliphatic rings. The Kier molecular flexibility index (Phi) is 3.04. The molecular formula is C13H18O3S. The second-order valence-electron chi connectivity index (χ2n) is 5.31. The molecule has 0 aromatic heterocycles. The summed E-state index contributed by atoms with van der Waals surface area (Å²) in [5.74, 6) is 0.614. The molecule has 3 nitrogen and oxygen atoms in total. The van der Waals surface area contributed by atoms with Crippen molar-refractivity contribution in [2.45, 2.75) is 37.2 Å². The quantitative estimate of drug-likeness (QED) is 0.895. The largest absolute Gasteiger partial charge is 0.386 e. The molecule has 0 spiro atoms. The van der Waals surface area contributed by atoms with Crippen molar-refractivity contribution < 1.29 is 13.5 Å².